The summed E-state index contributed by atoms with van der Waals surface area (Å²) in [5.41, 5.74) is 16.3. The van der Waals surface area contributed by atoms with Gasteiger partial charge in [-0.05, 0) is 37.7 Å². The number of amides is 1. The standard InChI is InChI=1S/C8H7NO3.C7H16N2O.C6H14N2O/c9-8(10)5-1-2-6-7(3-5)12-4-11-6;8-2-1-3-9-4-6-10-7-5-9;7-1-2-8-3-5-9-6-4-8/h1-3H,4H2,(H2,9,10);1-8H2;1-7H2. The Morgan fingerprint density at radius 2 is 1.42 bits per heavy atom. The van der Waals surface area contributed by atoms with E-state index in [4.69, 9.17) is 36.1 Å². The first-order valence-electron chi connectivity index (χ1n) is 10.8. The lowest BCUT2D eigenvalue weighted by atomic mass is 10.2. The molecule has 31 heavy (non-hydrogen) atoms. The molecule has 0 atom stereocenters. The van der Waals surface area contributed by atoms with Gasteiger partial charge in [0.15, 0.2) is 11.5 Å². The summed E-state index contributed by atoms with van der Waals surface area (Å²) in [6, 6.07) is 4.85. The van der Waals surface area contributed by atoms with Gasteiger partial charge in [-0.25, -0.2) is 0 Å². The molecule has 3 heterocycles. The number of ether oxygens (including phenoxy) is 4. The lowest BCUT2D eigenvalue weighted by Gasteiger charge is -2.26. The molecule has 0 spiro atoms. The number of rotatable bonds is 6. The Balaban J connectivity index is 0.000000167. The summed E-state index contributed by atoms with van der Waals surface area (Å²) in [5.74, 6) is 0.764. The summed E-state index contributed by atoms with van der Waals surface area (Å²) >= 11 is 0. The van der Waals surface area contributed by atoms with Crippen LogP contribution >= 0.6 is 0 Å². The fourth-order valence-electron chi connectivity index (χ4n) is 3.20. The average Bonchev–Trinajstić information content (AvgIpc) is 3.28. The molecule has 0 aromatic heterocycles. The number of primary amides is 1. The molecular weight excluding hydrogens is 402 g/mol. The maximum absolute atomic E-state index is 10.7. The maximum Gasteiger partial charge on any atom is 0.248 e. The van der Waals surface area contributed by atoms with Crippen LogP contribution in [0.2, 0.25) is 0 Å². The minimum atomic E-state index is -0.465. The molecule has 0 aliphatic carbocycles. The molecule has 176 valence electrons. The summed E-state index contributed by atoms with van der Waals surface area (Å²) in [6.07, 6.45) is 1.11. The minimum Gasteiger partial charge on any atom is -0.454 e. The van der Waals surface area contributed by atoms with Crippen molar-refractivity contribution in [1.82, 2.24) is 9.80 Å². The van der Waals surface area contributed by atoms with Gasteiger partial charge in [-0.1, -0.05) is 0 Å². The Hall–Kier alpha value is -1.95. The van der Waals surface area contributed by atoms with Crippen molar-refractivity contribution >= 4 is 5.91 Å². The summed E-state index contributed by atoms with van der Waals surface area (Å²) in [6.45, 7) is 11.7. The van der Waals surface area contributed by atoms with E-state index in [1.54, 1.807) is 18.2 Å². The zero-order chi connectivity index (χ0) is 22.3. The number of nitrogens with two attached hydrogens (primary N) is 3. The van der Waals surface area contributed by atoms with Crippen LogP contribution in [0.5, 0.6) is 11.5 Å². The van der Waals surface area contributed by atoms with Gasteiger partial charge in [0.05, 0.1) is 26.4 Å². The molecule has 10 nitrogen and oxygen atoms in total. The van der Waals surface area contributed by atoms with Crippen LogP contribution < -0.4 is 26.7 Å². The molecule has 0 radical (unpaired) electrons. The van der Waals surface area contributed by atoms with Crippen LogP contribution in [0.15, 0.2) is 18.2 Å². The molecule has 0 unspecified atom stereocenters. The first-order valence-corrected chi connectivity index (χ1v) is 10.8. The van der Waals surface area contributed by atoms with Crippen LogP contribution in [-0.4, -0.2) is 101 Å². The first kappa shape index (κ1) is 25.3. The second kappa shape index (κ2) is 15.0. The van der Waals surface area contributed by atoms with Gasteiger partial charge < -0.3 is 36.1 Å². The monoisotopic (exact) mass is 439 g/mol. The lowest BCUT2D eigenvalue weighted by molar-refractivity contribution is 0.0377. The van der Waals surface area contributed by atoms with E-state index < -0.39 is 5.91 Å². The highest BCUT2D eigenvalue weighted by Gasteiger charge is 2.14. The zero-order valence-corrected chi connectivity index (χ0v) is 18.3. The molecule has 3 aliphatic rings. The van der Waals surface area contributed by atoms with Crippen LogP contribution in [0.3, 0.4) is 0 Å². The topological polar surface area (TPSA) is 139 Å². The third-order valence-corrected chi connectivity index (χ3v) is 4.99. The third-order valence-electron chi connectivity index (χ3n) is 4.99. The van der Waals surface area contributed by atoms with Crippen molar-refractivity contribution in [2.75, 3.05) is 85.6 Å². The fraction of sp³-hybridized carbons (Fsp3) is 0.667. The molecular formula is C21H37N5O5. The van der Waals surface area contributed by atoms with Crippen molar-refractivity contribution in [1.29, 1.82) is 0 Å². The predicted molar refractivity (Wildman–Crippen MR) is 118 cm³/mol. The maximum atomic E-state index is 10.7. The van der Waals surface area contributed by atoms with Crippen LogP contribution in [-0.2, 0) is 9.47 Å². The zero-order valence-electron chi connectivity index (χ0n) is 18.3. The van der Waals surface area contributed by atoms with Crippen LogP contribution in [0, 0.1) is 0 Å². The second-order valence-electron chi connectivity index (χ2n) is 7.27. The van der Waals surface area contributed by atoms with E-state index in [9.17, 15) is 4.79 Å². The number of carbonyl (C=O) groups is 1. The van der Waals surface area contributed by atoms with E-state index in [2.05, 4.69) is 9.80 Å². The third kappa shape index (κ3) is 9.81. The van der Waals surface area contributed by atoms with Crippen molar-refractivity contribution in [3.05, 3.63) is 23.8 Å². The first-order chi connectivity index (χ1) is 15.1. The van der Waals surface area contributed by atoms with E-state index in [0.29, 0.717) is 17.1 Å². The number of fused-ring (bicyclic) bond motifs is 1. The minimum absolute atomic E-state index is 0.206. The molecule has 0 bridgehead atoms. The lowest BCUT2D eigenvalue weighted by Crippen LogP contribution is -2.39. The van der Waals surface area contributed by atoms with Gasteiger partial charge in [0, 0.05) is 44.8 Å². The summed E-state index contributed by atoms with van der Waals surface area (Å²) < 4.78 is 20.5. The molecule has 1 amide bonds. The van der Waals surface area contributed by atoms with Gasteiger partial charge in [-0.15, -0.1) is 0 Å². The number of hydrogen-bond donors (Lipinski definition) is 3. The Morgan fingerprint density at radius 1 is 0.839 bits per heavy atom. The highest BCUT2D eigenvalue weighted by atomic mass is 16.7. The molecule has 1 aromatic rings. The number of carbonyl (C=O) groups excluding carboxylic acids is 1. The fourth-order valence-corrected chi connectivity index (χ4v) is 3.20. The average molecular weight is 440 g/mol. The van der Waals surface area contributed by atoms with E-state index in [1.807, 2.05) is 0 Å². The molecule has 10 heteroatoms. The Morgan fingerprint density at radius 3 is 1.97 bits per heavy atom. The summed E-state index contributed by atoms with van der Waals surface area (Å²) in [7, 11) is 0. The van der Waals surface area contributed by atoms with Crippen molar-refractivity contribution in [2.45, 2.75) is 6.42 Å². The Bertz CT molecular complexity index is 634. The molecule has 2 fully saturated rings. The number of benzene rings is 1. The van der Waals surface area contributed by atoms with E-state index >= 15 is 0 Å². The molecule has 6 N–H and O–H groups in total. The highest BCUT2D eigenvalue weighted by Crippen LogP contribution is 2.32. The molecule has 2 saturated heterocycles. The van der Waals surface area contributed by atoms with Gasteiger partial charge >= 0.3 is 0 Å². The predicted octanol–water partition coefficient (Wildman–Crippen LogP) is -0.541. The number of morpholine rings is 2. The van der Waals surface area contributed by atoms with Gasteiger partial charge in [-0.2, -0.15) is 0 Å². The number of nitrogens with zero attached hydrogens (tertiary/aromatic N) is 2. The largest absolute Gasteiger partial charge is 0.454 e. The molecule has 0 saturated carbocycles. The van der Waals surface area contributed by atoms with Crippen molar-refractivity contribution in [2.24, 2.45) is 17.2 Å². The van der Waals surface area contributed by atoms with E-state index in [1.165, 1.54) is 0 Å². The van der Waals surface area contributed by atoms with E-state index in [-0.39, 0.29) is 6.79 Å². The van der Waals surface area contributed by atoms with Crippen molar-refractivity contribution in [3.63, 3.8) is 0 Å². The Labute approximate surface area is 184 Å². The molecule has 1 aromatic carbocycles. The van der Waals surface area contributed by atoms with Crippen LogP contribution in [0.1, 0.15) is 16.8 Å². The summed E-state index contributed by atoms with van der Waals surface area (Å²) in [5, 5.41) is 0. The smallest absolute Gasteiger partial charge is 0.248 e. The SMILES string of the molecule is NC(=O)c1ccc2c(c1)OCO2.NCCCN1CCOCC1.NCCN1CCOCC1. The van der Waals surface area contributed by atoms with Crippen LogP contribution in [0.25, 0.3) is 0 Å². The van der Waals surface area contributed by atoms with Gasteiger partial charge in [0.1, 0.15) is 0 Å². The molecule has 3 aliphatic heterocycles. The quantitative estimate of drug-likeness (QED) is 0.533. The van der Waals surface area contributed by atoms with E-state index in [0.717, 1.165) is 85.2 Å². The molecule has 4 rings (SSSR count). The van der Waals surface area contributed by atoms with Gasteiger partial charge in [0.2, 0.25) is 12.7 Å². The van der Waals surface area contributed by atoms with Crippen molar-refractivity contribution < 1.29 is 23.7 Å². The highest BCUT2D eigenvalue weighted by molar-refractivity contribution is 5.93. The van der Waals surface area contributed by atoms with Crippen molar-refractivity contribution in [3.8, 4) is 11.5 Å². The number of hydrogen-bond acceptors (Lipinski definition) is 9. The normalized spacial score (nSPS) is 18.4. The van der Waals surface area contributed by atoms with Crippen LogP contribution in [0.4, 0.5) is 0 Å². The van der Waals surface area contributed by atoms with Gasteiger partial charge in [-0.3, -0.25) is 14.6 Å². The second-order valence-corrected chi connectivity index (χ2v) is 7.27. The summed E-state index contributed by atoms with van der Waals surface area (Å²) in [4.78, 5) is 15.4. The Kier molecular flexibility index (Phi) is 12.2. The van der Waals surface area contributed by atoms with Gasteiger partial charge in [0.25, 0.3) is 0 Å².